The van der Waals surface area contributed by atoms with Gasteiger partial charge in [-0.25, -0.2) is 0 Å². The van der Waals surface area contributed by atoms with Gasteiger partial charge in [-0.05, 0) is 43.9 Å². The third kappa shape index (κ3) is 4.20. The van der Waals surface area contributed by atoms with Crippen LogP contribution in [0.3, 0.4) is 0 Å². The van der Waals surface area contributed by atoms with Gasteiger partial charge in [-0.2, -0.15) is 0 Å². The van der Waals surface area contributed by atoms with E-state index in [4.69, 9.17) is 5.11 Å². The molecule has 1 saturated heterocycles. The predicted octanol–water partition coefficient (Wildman–Crippen LogP) is 1.40. The summed E-state index contributed by atoms with van der Waals surface area (Å²) in [4.78, 5) is 12.1. The maximum absolute atomic E-state index is 12.1. The molecule has 1 amide bonds. The molecule has 1 aromatic rings. The van der Waals surface area contributed by atoms with Crippen molar-refractivity contribution in [2.45, 2.75) is 38.3 Å². The quantitative estimate of drug-likeness (QED) is 0.770. The fraction of sp³-hybridized carbons (Fsp3) is 0.533. The summed E-state index contributed by atoms with van der Waals surface area (Å²) in [6.45, 7) is 3.60. The Morgan fingerprint density at radius 2 is 2.00 bits per heavy atom. The molecule has 20 heavy (non-hydrogen) atoms. The minimum Gasteiger partial charge on any atom is -0.392 e. The summed E-state index contributed by atoms with van der Waals surface area (Å²) in [6.07, 6.45) is 2.78. The highest BCUT2D eigenvalue weighted by Crippen LogP contribution is 2.18. The van der Waals surface area contributed by atoms with E-state index < -0.39 is 0 Å². The number of carbonyl (C=O) groups is 1. The standard InChI is InChI=1S/C15H22N2O2.ClH/c1-15(8-2-9-17-15)14(19)16-10-7-12-3-5-13(11-18)6-4-12;/h3-6,17-18H,2,7-11H2,1H3,(H,16,19);1H/t15-;/m0./s1. The van der Waals surface area contributed by atoms with Crippen molar-refractivity contribution in [1.29, 1.82) is 0 Å². The lowest BCUT2D eigenvalue weighted by atomic mass is 9.99. The van der Waals surface area contributed by atoms with Crippen molar-refractivity contribution >= 4 is 18.3 Å². The Bertz CT molecular complexity index is 428. The molecule has 0 radical (unpaired) electrons. The van der Waals surface area contributed by atoms with Crippen molar-refractivity contribution < 1.29 is 9.90 Å². The number of benzene rings is 1. The van der Waals surface area contributed by atoms with Crippen molar-refractivity contribution in [3.05, 3.63) is 35.4 Å². The van der Waals surface area contributed by atoms with E-state index in [0.717, 1.165) is 31.4 Å². The van der Waals surface area contributed by atoms with E-state index in [1.54, 1.807) is 0 Å². The lowest BCUT2D eigenvalue weighted by Crippen LogP contribution is -2.51. The molecule has 2 rings (SSSR count). The van der Waals surface area contributed by atoms with Gasteiger partial charge in [0.05, 0.1) is 12.1 Å². The number of hydrogen-bond acceptors (Lipinski definition) is 3. The molecule has 3 N–H and O–H groups in total. The number of amides is 1. The van der Waals surface area contributed by atoms with Crippen LogP contribution in [0.25, 0.3) is 0 Å². The van der Waals surface area contributed by atoms with Crippen LogP contribution in [0.5, 0.6) is 0 Å². The van der Waals surface area contributed by atoms with Crippen LogP contribution in [-0.4, -0.2) is 29.6 Å². The van der Waals surface area contributed by atoms with E-state index in [2.05, 4.69) is 10.6 Å². The molecule has 0 saturated carbocycles. The average molecular weight is 299 g/mol. The van der Waals surface area contributed by atoms with E-state index in [1.165, 1.54) is 5.56 Å². The maximum atomic E-state index is 12.1. The minimum absolute atomic E-state index is 0. The van der Waals surface area contributed by atoms with E-state index in [0.29, 0.717) is 6.54 Å². The van der Waals surface area contributed by atoms with Gasteiger partial charge in [0.25, 0.3) is 0 Å². The predicted molar refractivity (Wildman–Crippen MR) is 82.0 cm³/mol. The zero-order chi connectivity index (χ0) is 13.7. The number of aliphatic hydroxyl groups is 1. The molecule has 5 heteroatoms. The first-order valence-electron chi connectivity index (χ1n) is 6.86. The zero-order valence-corrected chi connectivity index (χ0v) is 12.6. The fourth-order valence-corrected chi connectivity index (χ4v) is 2.42. The molecule has 1 heterocycles. The zero-order valence-electron chi connectivity index (χ0n) is 11.8. The highest BCUT2D eigenvalue weighted by molar-refractivity contribution is 5.86. The number of hydrogen-bond donors (Lipinski definition) is 3. The van der Waals surface area contributed by atoms with Gasteiger partial charge in [-0.3, -0.25) is 4.79 Å². The number of halogens is 1. The summed E-state index contributed by atoms with van der Waals surface area (Å²) < 4.78 is 0. The second-order valence-corrected chi connectivity index (χ2v) is 5.34. The molecule has 1 aliphatic heterocycles. The highest BCUT2D eigenvalue weighted by atomic mass is 35.5. The summed E-state index contributed by atoms with van der Waals surface area (Å²) >= 11 is 0. The number of carbonyl (C=O) groups excluding carboxylic acids is 1. The molecule has 1 fully saturated rings. The van der Waals surface area contributed by atoms with Crippen LogP contribution in [-0.2, 0) is 17.8 Å². The molecule has 0 aromatic heterocycles. The monoisotopic (exact) mass is 298 g/mol. The van der Waals surface area contributed by atoms with Crippen LogP contribution < -0.4 is 10.6 Å². The molecule has 0 unspecified atom stereocenters. The Morgan fingerprint density at radius 3 is 2.55 bits per heavy atom. The minimum atomic E-state index is -0.388. The second kappa shape index (κ2) is 7.62. The smallest absolute Gasteiger partial charge is 0.240 e. The van der Waals surface area contributed by atoms with Crippen molar-refractivity contribution in [1.82, 2.24) is 10.6 Å². The first kappa shape index (κ1) is 17.0. The molecule has 4 nitrogen and oxygen atoms in total. The molecular weight excluding hydrogens is 276 g/mol. The van der Waals surface area contributed by atoms with Crippen LogP contribution >= 0.6 is 12.4 Å². The summed E-state index contributed by atoms with van der Waals surface area (Å²) in [5, 5.41) is 15.2. The normalized spacial score (nSPS) is 21.3. The average Bonchev–Trinajstić information content (AvgIpc) is 2.88. The van der Waals surface area contributed by atoms with E-state index in [-0.39, 0.29) is 30.5 Å². The van der Waals surface area contributed by atoms with Crippen LogP contribution in [0.1, 0.15) is 30.9 Å². The molecule has 1 aromatic carbocycles. The Balaban J connectivity index is 0.00000200. The van der Waals surface area contributed by atoms with Crippen LogP contribution in [0.4, 0.5) is 0 Å². The van der Waals surface area contributed by atoms with Gasteiger partial charge in [0.1, 0.15) is 0 Å². The Hall–Kier alpha value is -1.10. The highest BCUT2D eigenvalue weighted by Gasteiger charge is 2.35. The molecule has 0 bridgehead atoms. The number of nitrogens with one attached hydrogen (secondary N) is 2. The third-order valence-electron chi connectivity index (χ3n) is 3.77. The Labute approximate surface area is 126 Å². The topological polar surface area (TPSA) is 61.4 Å². The summed E-state index contributed by atoms with van der Waals surface area (Å²) in [6, 6.07) is 7.81. The van der Waals surface area contributed by atoms with Gasteiger partial charge < -0.3 is 15.7 Å². The maximum Gasteiger partial charge on any atom is 0.240 e. The first-order chi connectivity index (χ1) is 9.14. The van der Waals surface area contributed by atoms with E-state index >= 15 is 0 Å². The largest absolute Gasteiger partial charge is 0.392 e. The van der Waals surface area contributed by atoms with Crippen LogP contribution in [0, 0.1) is 0 Å². The molecule has 0 aliphatic carbocycles. The molecule has 0 spiro atoms. The van der Waals surface area contributed by atoms with Gasteiger partial charge >= 0.3 is 0 Å². The van der Waals surface area contributed by atoms with Gasteiger partial charge in [0, 0.05) is 6.54 Å². The van der Waals surface area contributed by atoms with Crippen LogP contribution in [0.15, 0.2) is 24.3 Å². The molecule has 1 aliphatic rings. The van der Waals surface area contributed by atoms with E-state index in [1.807, 2.05) is 31.2 Å². The Morgan fingerprint density at radius 1 is 1.35 bits per heavy atom. The molecule has 1 atom stereocenters. The lowest BCUT2D eigenvalue weighted by molar-refractivity contribution is -0.126. The Kier molecular flexibility index (Phi) is 6.46. The SMILES string of the molecule is C[C@@]1(C(=O)NCCc2ccc(CO)cc2)CCCN1.Cl. The van der Waals surface area contributed by atoms with Crippen molar-refractivity contribution in [3.8, 4) is 0 Å². The van der Waals surface area contributed by atoms with Gasteiger partial charge in [-0.15, -0.1) is 12.4 Å². The lowest BCUT2D eigenvalue weighted by Gasteiger charge is -2.23. The van der Waals surface area contributed by atoms with Crippen LogP contribution in [0.2, 0.25) is 0 Å². The van der Waals surface area contributed by atoms with Crippen molar-refractivity contribution in [2.24, 2.45) is 0 Å². The number of rotatable bonds is 5. The summed E-state index contributed by atoms with van der Waals surface area (Å²) in [7, 11) is 0. The molecular formula is C15H23ClN2O2. The van der Waals surface area contributed by atoms with Gasteiger partial charge in [0.2, 0.25) is 5.91 Å². The fourth-order valence-electron chi connectivity index (χ4n) is 2.42. The molecule has 112 valence electrons. The van der Waals surface area contributed by atoms with Crippen molar-refractivity contribution in [3.63, 3.8) is 0 Å². The van der Waals surface area contributed by atoms with Gasteiger partial charge in [-0.1, -0.05) is 24.3 Å². The van der Waals surface area contributed by atoms with E-state index in [9.17, 15) is 4.79 Å². The third-order valence-corrected chi connectivity index (χ3v) is 3.77. The first-order valence-corrected chi connectivity index (χ1v) is 6.86. The number of aliphatic hydroxyl groups excluding tert-OH is 1. The summed E-state index contributed by atoms with van der Waals surface area (Å²) in [5.41, 5.74) is 1.69. The second-order valence-electron chi connectivity index (χ2n) is 5.34. The summed E-state index contributed by atoms with van der Waals surface area (Å²) in [5.74, 6) is 0.0944. The van der Waals surface area contributed by atoms with Crippen molar-refractivity contribution in [2.75, 3.05) is 13.1 Å². The van der Waals surface area contributed by atoms with Gasteiger partial charge in [0.15, 0.2) is 0 Å².